The van der Waals surface area contributed by atoms with Gasteiger partial charge in [0.25, 0.3) is 11.8 Å². The van der Waals surface area contributed by atoms with Crippen LogP contribution in [0.25, 0.3) is 0 Å². The molecule has 0 bridgehead atoms. The van der Waals surface area contributed by atoms with Crippen LogP contribution in [0.3, 0.4) is 0 Å². The molecule has 0 unspecified atom stereocenters. The van der Waals surface area contributed by atoms with E-state index in [9.17, 15) is 22.4 Å². The van der Waals surface area contributed by atoms with Crippen molar-refractivity contribution in [3.8, 4) is 11.5 Å². The summed E-state index contributed by atoms with van der Waals surface area (Å²) in [5.41, 5.74) is 1.36. The molecular weight excluding hydrogens is 487 g/mol. The van der Waals surface area contributed by atoms with Gasteiger partial charge in [0.15, 0.2) is 18.2 Å². The van der Waals surface area contributed by atoms with Gasteiger partial charge >= 0.3 is 0 Å². The van der Waals surface area contributed by atoms with Crippen LogP contribution in [0.5, 0.6) is 11.5 Å². The van der Waals surface area contributed by atoms with Crippen molar-refractivity contribution in [2.24, 2.45) is 0 Å². The highest BCUT2D eigenvalue weighted by atomic mass is 32.2. The normalized spacial score (nSPS) is 13.1. The summed E-state index contributed by atoms with van der Waals surface area (Å²) in [4.78, 5) is 27.4. The van der Waals surface area contributed by atoms with Crippen molar-refractivity contribution in [3.63, 3.8) is 0 Å². The summed E-state index contributed by atoms with van der Waals surface area (Å²) in [7, 11) is -2.78. The summed E-state index contributed by atoms with van der Waals surface area (Å²) >= 11 is 0. The highest BCUT2D eigenvalue weighted by Crippen LogP contribution is 2.33. The summed E-state index contributed by atoms with van der Waals surface area (Å²) < 4.78 is 51.3. The van der Waals surface area contributed by atoms with Crippen LogP contribution >= 0.6 is 0 Å². The van der Waals surface area contributed by atoms with Gasteiger partial charge in [-0.1, -0.05) is 31.2 Å². The number of para-hydroxylation sites is 2. The van der Waals surface area contributed by atoms with Crippen molar-refractivity contribution in [1.82, 2.24) is 0 Å². The summed E-state index contributed by atoms with van der Waals surface area (Å²) in [6.07, 6.45) is 0.277. The molecular formula is C26H25FN2O6S. The Morgan fingerprint density at radius 3 is 2.50 bits per heavy atom. The molecule has 1 aliphatic heterocycles. The Morgan fingerprint density at radius 1 is 1.11 bits per heavy atom. The van der Waals surface area contributed by atoms with Crippen LogP contribution in [0.15, 0.2) is 66.7 Å². The maximum atomic E-state index is 14.4. The van der Waals surface area contributed by atoms with E-state index in [1.165, 1.54) is 31.4 Å². The summed E-state index contributed by atoms with van der Waals surface area (Å²) in [5, 5.41) is 0. The molecule has 8 nitrogen and oxygen atoms in total. The number of carbonyl (C=O) groups excluding carboxylic acids is 2. The number of benzene rings is 3. The van der Waals surface area contributed by atoms with E-state index < -0.39 is 21.7 Å². The van der Waals surface area contributed by atoms with Crippen LogP contribution in [0.4, 0.5) is 15.8 Å². The zero-order valence-electron chi connectivity index (χ0n) is 19.8. The second kappa shape index (κ2) is 10.4. The monoisotopic (exact) mass is 512 g/mol. The van der Waals surface area contributed by atoms with Crippen LogP contribution in [0.2, 0.25) is 0 Å². The van der Waals surface area contributed by atoms with E-state index >= 15 is 0 Å². The van der Waals surface area contributed by atoms with Gasteiger partial charge in [0.05, 0.1) is 30.8 Å². The number of ether oxygens (including phenoxy) is 2. The second-order valence-electron chi connectivity index (χ2n) is 8.14. The molecule has 3 aromatic carbocycles. The molecule has 2 amide bonds. The fourth-order valence-electron chi connectivity index (χ4n) is 3.91. The van der Waals surface area contributed by atoms with Gasteiger partial charge in [-0.2, -0.15) is 0 Å². The van der Waals surface area contributed by atoms with E-state index in [4.69, 9.17) is 9.47 Å². The molecule has 1 aliphatic rings. The van der Waals surface area contributed by atoms with Gasteiger partial charge in [0.1, 0.15) is 5.75 Å². The number of fused-ring (bicyclic) bond motifs is 1. The summed E-state index contributed by atoms with van der Waals surface area (Å²) in [6.45, 7) is 1.85. The van der Waals surface area contributed by atoms with Crippen LogP contribution in [-0.4, -0.2) is 39.7 Å². The lowest BCUT2D eigenvalue weighted by atomic mass is 10.1. The second-order valence-corrected chi connectivity index (χ2v) is 10.1. The van der Waals surface area contributed by atoms with E-state index in [2.05, 4.69) is 0 Å². The molecule has 0 spiro atoms. The zero-order chi connectivity index (χ0) is 25.9. The van der Waals surface area contributed by atoms with Gasteiger partial charge in [-0.15, -0.1) is 0 Å². The number of halogens is 1. The van der Waals surface area contributed by atoms with E-state index in [0.717, 1.165) is 11.6 Å². The van der Waals surface area contributed by atoms with E-state index in [1.54, 1.807) is 36.1 Å². The Morgan fingerprint density at radius 2 is 1.83 bits per heavy atom. The number of methoxy groups -OCH3 is 1. The smallest absolute Gasteiger partial charge is 0.272 e. The van der Waals surface area contributed by atoms with Crippen molar-refractivity contribution < 1.29 is 31.9 Å². The van der Waals surface area contributed by atoms with E-state index in [0.29, 0.717) is 15.7 Å². The van der Waals surface area contributed by atoms with Crippen molar-refractivity contribution in [2.45, 2.75) is 19.9 Å². The van der Waals surface area contributed by atoms with Gasteiger partial charge in [-0.3, -0.25) is 9.59 Å². The topological polar surface area (TPSA) is 93.2 Å². The molecule has 4 rings (SSSR count). The minimum Gasteiger partial charge on any atom is -0.494 e. The highest BCUT2D eigenvalue weighted by molar-refractivity contribution is 7.93. The molecule has 0 saturated carbocycles. The van der Waals surface area contributed by atoms with Crippen LogP contribution in [0, 0.1) is 5.82 Å². The van der Waals surface area contributed by atoms with Crippen LogP contribution in [-0.2, 0) is 21.4 Å². The molecule has 10 heteroatoms. The summed E-state index contributed by atoms with van der Waals surface area (Å²) in [5.74, 6) is -1.55. The zero-order valence-corrected chi connectivity index (χ0v) is 20.6. The number of nitrogens with zero attached hydrogens (tertiary/aromatic N) is 2. The fraction of sp³-hybridized carbons (Fsp3) is 0.231. The minimum atomic E-state index is -4.07. The lowest BCUT2D eigenvalue weighted by Crippen LogP contribution is -2.39. The lowest BCUT2D eigenvalue weighted by Gasteiger charge is -2.29. The van der Waals surface area contributed by atoms with Gasteiger partial charge in [-0.05, 0) is 48.4 Å². The third-order valence-corrected chi connectivity index (χ3v) is 7.50. The lowest BCUT2D eigenvalue weighted by molar-refractivity contribution is -0.121. The number of hydrogen-bond donors (Lipinski definition) is 0. The largest absolute Gasteiger partial charge is 0.494 e. The van der Waals surface area contributed by atoms with E-state index in [-0.39, 0.29) is 48.2 Å². The quantitative estimate of drug-likeness (QED) is 0.450. The first-order valence-electron chi connectivity index (χ1n) is 11.3. The first kappa shape index (κ1) is 25.2. The Hall–Kier alpha value is -3.92. The van der Waals surface area contributed by atoms with Gasteiger partial charge in [-0.25, -0.2) is 17.1 Å². The fourth-order valence-corrected chi connectivity index (χ4v) is 5.41. The number of sulfonamides is 1. The van der Waals surface area contributed by atoms with Crippen LogP contribution in [0.1, 0.15) is 29.3 Å². The Balaban J connectivity index is 1.62. The Labute approximate surface area is 208 Å². The molecule has 188 valence electrons. The predicted octanol–water partition coefficient (Wildman–Crippen LogP) is 4.15. The first-order valence-corrected chi connectivity index (χ1v) is 12.9. The molecule has 0 atom stereocenters. The van der Waals surface area contributed by atoms with Gasteiger partial charge in [0.2, 0.25) is 10.0 Å². The van der Waals surface area contributed by atoms with Crippen molar-refractivity contribution in [1.29, 1.82) is 0 Å². The van der Waals surface area contributed by atoms with Crippen molar-refractivity contribution in [3.05, 3.63) is 83.7 Å². The average Bonchev–Trinajstić information content (AvgIpc) is 2.86. The standard InChI is InChI=1S/C26H25FN2O6S/c1-3-14-36(32,33)29(20-12-13-23(34-2)21(27)15-20)26(31)19-10-8-18(9-11-19)16-28-22-6-4-5-7-24(22)35-17-25(28)30/h4-13,15H,3,14,16-17H2,1-2H3. The average molecular weight is 513 g/mol. The number of rotatable bonds is 8. The number of amides is 2. The maximum absolute atomic E-state index is 14.4. The summed E-state index contributed by atoms with van der Waals surface area (Å²) in [6, 6.07) is 17.0. The van der Waals surface area contributed by atoms with E-state index in [1.807, 2.05) is 12.1 Å². The molecule has 0 aromatic heterocycles. The highest BCUT2D eigenvalue weighted by Gasteiger charge is 2.31. The predicted molar refractivity (Wildman–Crippen MR) is 133 cm³/mol. The molecule has 0 fully saturated rings. The Kier molecular flexibility index (Phi) is 7.25. The SMILES string of the molecule is CCCS(=O)(=O)N(C(=O)c1ccc(CN2C(=O)COc3ccccc32)cc1)c1ccc(OC)c(F)c1. The van der Waals surface area contributed by atoms with Gasteiger partial charge < -0.3 is 14.4 Å². The Bertz CT molecular complexity index is 1390. The molecule has 36 heavy (non-hydrogen) atoms. The molecule has 0 aliphatic carbocycles. The minimum absolute atomic E-state index is 0.0670. The number of hydrogen-bond acceptors (Lipinski definition) is 6. The number of anilines is 2. The molecule has 3 aromatic rings. The molecule has 0 N–H and O–H groups in total. The van der Waals surface area contributed by atoms with Crippen molar-refractivity contribution >= 4 is 33.2 Å². The maximum Gasteiger partial charge on any atom is 0.272 e. The van der Waals surface area contributed by atoms with Crippen LogP contribution < -0.4 is 18.7 Å². The van der Waals surface area contributed by atoms with Crippen molar-refractivity contribution in [2.75, 3.05) is 28.7 Å². The third kappa shape index (κ3) is 5.03. The molecule has 0 saturated heterocycles. The molecule has 0 radical (unpaired) electrons. The third-order valence-electron chi connectivity index (χ3n) is 5.64. The molecule has 1 heterocycles. The van der Waals surface area contributed by atoms with Gasteiger partial charge in [0, 0.05) is 11.6 Å². The number of carbonyl (C=O) groups is 2. The first-order chi connectivity index (χ1) is 17.2.